The number of benzene rings is 2. The van der Waals surface area contributed by atoms with Crippen LogP contribution in [0, 0.1) is 0 Å². The van der Waals surface area contributed by atoms with Crippen LogP contribution in [0.25, 0.3) is 0 Å². The van der Waals surface area contributed by atoms with Crippen molar-refractivity contribution in [2.45, 2.75) is 52.1 Å². The highest BCUT2D eigenvalue weighted by molar-refractivity contribution is 6.74. The van der Waals surface area contributed by atoms with Crippen LogP contribution >= 0.6 is 11.6 Å². The molecule has 0 spiro atoms. The Kier molecular flexibility index (Phi) is 6.19. The Labute approximate surface area is 157 Å². The number of halogens is 1. The third-order valence-corrected chi connectivity index (χ3v) is 9.70. The van der Waals surface area contributed by atoms with Crippen LogP contribution in [-0.2, 0) is 17.6 Å². The minimum absolute atomic E-state index is 0.194. The van der Waals surface area contributed by atoms with Crippen LogP contribution in [-0.4, -0.2) is 8.32 Å². The summed E-state index contributed by atoms with van der Waals surface area (Å²) in [6.45, 7) is 12.4. The molecule has 5 heteroatoms. The van der Waals surface area contributed by atoms with E-state index in [2.05, 4.69) is 46.0 Å². The molecule has 0 saturated heterocycles. The second kappa shape index (κ2) is 7.81. The van der Waals surface area contributed by atoms with E-state index in [0.717, 1.165) is 11.1 Å². The van der Waals surface area contributed by atoms with Gasteiger partial charge < -0.3 is 14.9 Å². The molecular formula is C20H28ClNO2Si. The van der Waals surface area contributed by atoms with E-state index in [0.29, 0.717) is 29.7 Å². The maximum absolute atomic E-state index is 6.35. The first-order valence-electron chi connectivity index (χ1n) is 8.49. The number of rotatable bonds is 6. The molecule has 2 aromatic rings. The quantitative estimate of drug-likeness (QED) is 0.494. The first-order chi connectivity index (χ1) is 11.6. The maximum Gasteiger partial charge on any atom is 0.192 e. The highest BCUT2D eigenvalue weighted by Gasteiger charge is 2.37. The van der Waals surface area contributed by atoms with Crippen molar-refractivity contribution in [3.63, 3.8) is 0 Å². The van der Waals surface area contributed by atoms with Crippen molar-refractivity contribution in [2.75, 3.05) is 5.73 Å². The third kappa shape index (κ3) is 5.24. The summed E-state index contributed by atoms with van der Waals surface area (Å²) in [6.07, 6.45) is 0. The first-order valence-corrected chi connectivity index (χ1v) is 11.8. The molecular weight excluding hydrogens is 350 g/mol. The fourth-order valence-electron chi connectivity index (χ4n) is 2.09. The normalized spacial score (nSPS) is 12.2. The Morgan fingerprint density at radius 1 is 1.00 bits per heavy atom. The topological polar surface area (TPSA) is 44.5 Å². The van der Waals surface area contributed by atoms with Gasteiger partial charge in [0.05, 0.1) is 17.3 Å². The second-order valence-electron chi connectivity index (χ2n) is 7.79. The van der Waals surface area contributed by atoms with E-state index in [1.165, 1.54) is 0 Å². The summed E-state index contributed by atoms with van der Waals surface area (Å²) < 4.78 is 12.2. The molecule has 0 aromatic heterocycles. The molecule has 0 amide bonds. The Hall–Kier alpha value is -1.49. The van der Waals surface area contributed by atoms with E-state index in [9.17, 15) is 0 Å². The van der Waals surface area contributed by atoms with E-state index < -0.39 is 8.32 Å². The summed E-state index contributed by atoms with van der Waals surface area (Å²) in [5.74, 6) is 0.710. The minimum Gasteiger partial charge on any atom is -0.489 e. The number of nitrogen functional groups attached to an aromatic ring is 1. The van der Waals surface area contributed by atoms with Crippen molar-refractivity contribution >= 4 is 25.6 Å². The van der Waals surface area contributed by atoms with Gasteiger partial charge >= 0.3 is 0 Å². The summed E-state index contributed by atoms with van der Waals surface area (Å²) in [5, 5.41) is 0.731. The Morgan fingerprint density at radius 2 is 1.60 bits per heavy atom. The molecule has 0 atom stereocenters. The summed E-state index contributed by atoms with van der Waals surface area (Å²) in [7, 11) is -1.78. The molecule has 0 unspecified atom stereocenters. The molecule has 2 aromatic carbocycles. The molecule has 0 fully saturated rings. The average molecular weight is 378 g/mol. The smallest absolute Gasteiger partial charge is 0.192 e. The molecule has 136 valence electrons. The molecule has 0 aliphatic heterocycles. The van der Waals surface area contributed by atoms with Crippen molar-refractivity contribution in [2.24, 2.45) is 0 Å². The molecule has 0 saturated carbocycles. The Morgan fingerprint density at radius 3 is 2.16 bits per heavy atom. The fourth-order valence-corrected chi connectivity index (χ4v) is 3.15. The lowest BCUT2D eigenvalue weighted by Gasteiger charge is -2.36. The highest BCUT2D eigenvalue weighted by Crippen LogP contribution is 2.37. The number of hydrogen-bond acceptors (Lipinski definition) is 3. The van der Waals surface area contributed by atoms with Crippen molar-refractivity contribution in [3.05, 3.63) is 58.6 Å². The molecule has 3 nitrogen and oxygen atoms in total. The van der Waals surface area contributed by atoms with Gasteiger partial charge in [0, 0.05) is 6.07 Å². The van der Waals surface area contributed by atoms with Crippen LogP contribution in [0.2, 0.25) is 23.2 Å². The zero-order valence-corrected chi connectivity index (χ0v) is 17.5. The molecule has 0 radical (unpaired) electrons. The molecule has 0 aliphatic carbocycles. The zero-order chi connectivity index (χ0) is 18.7. The standard InChI is InChI=1S/C20H28ClNO2Si/c1-20(2,3)25(4,5)24-14-16-9-7-6-8-15(16)13-23-17-10-11-18(21)19(22)12-17/h6-12H,13-14,22H2,1-5H3. The van der Waals surface area contributed by atoms with Crippen molar-refractivity contribution in [3.8, 4) is 5.75 Å². The highest BCUT2D eigenvalue weighted by atomic mass is 35.5. The van der Waals surface area contributed by atoms with E-state index in [4.69, 9.17) is 26.5 Å². The number of hydrogen-bond donors (Lipinski definition) is 1. The van der Waals surface area contributed by atoms with Crippen LogP contribution < -0.4 is 10.5 Å². The van der Waals surface area contributed by atoms with Gasteiger partial charge in [-0.1, -0.05) is 56.6 Å². The van der Waals surface area contributed by atoms with Crippen LogP contribution in [0.3, 0.4) is 0 Å². The van der Waals surface area contributed by atoms with Gasteiger partial charge in [-0.3, -0.25) is 0 Å². The van der Waals surface area contributed by atoms with Gasteiger partial charge in [0.25, 0.3) is 0 Å². The van der Waals surface area contributed by atoms with Crippen LogP contribution in [0.15, 0.2) is 42.5 Å². The van der Waals surface area contributed by atoms with Gasteiger partial charge in [-0.2, -0.15) is 0 Å². The van der Waals surface area contributed by atoms with E-state index in [1.54, 1.807) is 12.1 Å². The fraction of sp³-hybridized carbons (Fsp3) is 0.400. The molecule has 0 heterocycles. The van der Waals surface area contributed by atoms with E-state index in [-0.39, 0.29) is 5.04 Å². The summed E-state index contributed by atoms with van der Waals surface area (Å²) in [4.78, 5) is 0. The summed E-state index contributed by atoms with van der Waals surface area (Å²) in [6, 6.07) is 13.5. The maximum atomic E-state index is 6.35. The third-order valence-electron chi connectivity index (χ3n) is 4.87. The predicted octanol–water partition coefficient (Wildman–Crippen LogP) is 6.02. The van der Waals surface area contributed by atoms with Gasteiger partial charge in [0.2, 0.25) is 0 Å². The van der Waals surface area contributed by atoms with Gasteiger partial charge in [-0.25, -0.2) is 0 Å². The largest absolute Gasteiger partial charge is 0.489 e. The number of nitrogens with two attached hydrogens (primary N) is 1. The van der Waals surface area contributed by atoms with Gasteiger partial charge in [-0.15, -0.1) is 0 Å². The monoisotopic (exact) mass is 377 g/mol. The van der Waals surface area contributed by atoms with Crippen molar-refractivity contribution in [1.82, 2.24) is 0 Å². The Bertz CT molecular complexity index is 726. The van der Waals surface area contributed by atoms with Crippen LogP contribution in [0.4, 0.5) is 5.69 Å². The summed E-state index contributed by atoms with van der Waals surface area (Å²) in [5.41, 5.74) is 8.63. The van der Waals surface area contributed by atoms with Gasteiger partial charge in [0.15, 0.2) is 8.32 Å². The first kappa shape index (κ1) is 19.8. The molecule has 25 heavy (non-hydrogen) atoms. The minimum atomic E-state index is -1.78. The SMILES string of the molecule is CC(C)(C)[Si](C)(C)OCc1ccccc1COc1ccc(Cl)c(N)c1. The predicted molar refractivity (Wildman–Crippen MR) is 109 cm³/mol. The average Bonchev–Trinajstić information content (AvgIpc) is 2.54. The van der Waals surface area contributed by atoms with Crippen molar-refractivity contribution in [1.29, 1.82) is 0 Å². The van der Waals surface area contributed by atoms with Crippen molar-refractivity contribution < 1.29 is 9.16 Å². The zero-order valence-electron chi connectivity index (χ0n) is 15.7. The number of ether oxygens (including phenoxy) is 1. The van der Waals surface area contributed by atoms with Gasteiger partial charge in [0.1, 0.15) is 12.4 Å². The summed E-state index contributed by atoms with van der Waals surface area (Å²) >= 11 is 5.95. The van der Waals surface area contributed by atoms with Gasteiger partial charge in [-0.05, 0) is 41.4 Å². The van der Waals surface area contributed by atoms with E-state index in [1.807, 2.05) is 18.2 Å². The lowest BCUT2D eigenvalue weighted by atomic mass is 10.1. The molecule has 2 rings (SSSR count). The van der Waals surface area contributed by atoms with Crippen LogP contribution in [0.5, 0.6) is 5.75 Å². The lowest BCUT2D eigenvalue weighted by Crippen LogP contribution is -2.40. The second-order valence-corrected chi connectivity index (χ2v) is 13.0. The molecule has 0 bridgehead atoms. The van der Waals surface area contributed by atoms with E-state index >= 15 is 0 Å². The molecule has 2 N–H and O–H groups in total. The van der Waals surface area contributed by atoms with Crippen LogP contribution in [0.1, 0.15) is 31.9 Å². The Balaban J connectivity index is 2.06. The number of anilines is 1. The molecule has 0 aliphatic rings. The lowest BCUT2D eigenvalue weighted by molar-refractivity contribution is 0.266.